The number of para-hydroxylation sites is 2. The molecule has 23 heavy (non-hydrogen) atoms. The first-order chi connectivity index (χ1) is 11.1. The maximum absolute atomic E-state index is 12.1. The Morgan fingerprint density at radius 1 is 1.35 bits per heavy atom. The molecule has 0 fully saturated rings. The van der Waals surface area contributed by atoms with Gasteiger partial charge in [-0.1, -0.05) is 18.2 Å². The van der Waals surface area contributed by atoms with Gasteiger partial charge in [0.25, 0.3) is 5.91 Å². The third-order valence-electron chi connectivity index (χ3n) is 3.72. The van der Waals surface area contributed by atoms with E-state index in [4.69, 9.17) is 4.74 Å². The van der Waals surface area contributed by atoms with Crippen LogP contribution in [0.2, 0.25) is 0 Å². The van der Waals surface area contributed by atoms with E-state index in [1.807, 2.05) is 48.7 Å². The van der Waals surface area contributed by atoms with Gasteiger partial charge in [0.05, 0.1) is 11.7 Å². The molecule has 1 N–H and O–H groups in total. The lowest BCUT2D eigenvalue weighted by atomic mass is 10.2. The first kappa shape index (κ1) is 15.6. The van der Waals surface area contributed by atoms with Gasteiger partial charge in [-0.25, -0.2) is 0 Å². The third kappa shape index (κ3) is 3.53. The van der Waals surface area contributed by atoms with Crippen LogP contribution in [0.5, 0.6) is 5.75 Å². The summed E-state index contributed by atoms with van der Waals surface area (Å²) >= 11 is 1.61. The van der Waals surface area contributed by atoms with Crippen LogP contribution in [0.1, 0.15) is 24.3 Å². The zero-order chi connectivity index (χ0) is 16.2. The summed E-state index contributed by atoms with van der Waals surface area (Å²) in [6, 6.07) is 11.3. The van der Waals surface area contributed by atoms with Gasteiger partial charge in [-0.3, -0.25) is 9.59 Å². The van der Waals surface area contributed by atoms with Crippen molar-refractivity contribution in [2.24, 2.45) is 0 Å². The van der Waals surface area contributed by atoms with Crippen molar-refractivity contribution in [3.63, 3.8) is 0 Å². The minimum atomic E-state index is -0.122. The molecule has 6 heteroatoms. The summed E-state index contributed by atoms with van der Waals surface area (Å²) in [5, 5.41) is 4.95. The number of rotatable bonds is 5. The lowest BCUT2D eigenvalue weighted by molar-refractivity contribution is -0.122. The molecule has 0 aliphatic carbocycles. The molecule has 2 aromatic rings. The van der Waals surface area contributed by atoms with Crippen LogP contribution in [0.15, 0.2) is 41.8 Å². The van der Waals surface area contributed by atoms with Crippen LogP contribution >= 0.6 is 11.3 Å². The van der Waals surface area contributed by atoms with Crippen LogP contribution in [0, 0.1) is 0 Å². The average Bonchev–Trinajstić information content (AvgIpc) is 3.08. The molecule has 1 aromatic carbocycles. The molecule has 5 nitrogen and oxygen atoms in total. The smallest absolute Gasteiger partial charge is 0.265 e. The van der Waals surface area contributed by atoms with Crippen molar-refractivity contribution in [1.29, 1.82) is 0 Å². The Morgan fingerprint density at radius 2 is 2.17 bits per heavy atom. The zero-order valence-electron chi connectivity index (χ0n) is 12.8. The number of fused-ring (bicyclic) bond motifs is 1. The predicted octanol–water partition coefficient (Wildman–Crippen LogP) is 2.74. The minimum absolute atomic E-state index is 0.0181. The van der Waals surface area contributed by atoms with Gasteiger partial charge >= 0.3 is 0 Å². The topological polar surface area (TPSA) is 58.6 Å². The molecule has 1 aliphatic rings. The van der Waals surface area contributed by atoms with E-state index in [0.717, 1.165) is 10.6 Å². The molecule has 0 spiro atoms. The number of nitrogens with zero attached hydrogens (tertiary/aromatic N) is 1. The molecule has 1 aliphatic heterocycles. The number of hydrogen-bond acceptors (Lipinski definition) is 4. The van der Waals surface area contributed by atoms with Crippen molar-refractivity contribution in [2.45, 2.75) is 19.4 Å². The van der Waals surface area contributed by atoms with E-state index in [0.29, 0.717) is 12.3 Å². The largest absolute Gasteiger partial charge is 0.482 e. The molecular formula is C17H18N2O3S. The van der Waals surface area contributed by atoms with Gasteiger partial charge < -0.3 is 15.0 Å². The maximum atomic E-state index is 12.1. The van der Waals surface area contributed by atoms with Crippen molar-refractivity contribution in [3.05, 3.63) is 46.7 Å². The van der Waals surface area contributed by atoms with Crippen molar-refractivity contribution in [1.82, 2.24) is 5.32 Å². The Labute approximate surface area is 138 Å². The number of nitrogens with one attached hydrogen (secondary N) is 1. The van der Waals surface area contributed by atoms with Gasteiger partial charge in [0.1, 0.15) is 5.75 Å². The van der Waals surface area contributed by atoms with Crippen molar-refractivity contribution >= 4 is 28.8 Å². The number of anilines is 1. The average molecular weight is 330 g/mol. The highest BCUT2D eigenvalue weighted by molar-refractivity contribution is 7.10. The van der Waals surface area contributed by atoms with Crippen LogP contribution in [0.3, 0.4) is 0 Å². The monoisotopic (exact) mass is 330 g/mol. The molecule has 3 rings (SSSR count). The molecule has 2 amide bonds. The second-order valence-electron chi connectivity index (χ2n) is 5.36. The molecule has 1 aromatic heterocycles. The fraction of sp³-hybridized carbons (Fsp3) is 0.294. The van der Waals surface area contributed by atoms with Gasteiger partial charge in [0.15, 0.2) is 6.61 Å². The van der Waals surface area contributed by atoms with Crippen molar-refractivity contribution < 1.29 is 14.3 Å². The number of amides is 2. The molecule has 0 radical (unpaired) electrons. The molecule has 120 valence electrons. The molecular weight excluding hydrogens is 312 g/mol. The second kappa shape index (κ2) is 6.83. The predicted molar refractivity (Wildman–Crippen MR) is 89.8 cm³/mol. The maximum Gasteiger partial charge on any atom is 0.265 e. The first-order valence-corrected chi connectivity index (χ1v) is 8.38. The van der Waals surface area contributed by atoms with E-state index in [1.54, 1.807) is 16.2 Å². The molecule has 0 saturated heterocycles. The number of ether oxygens (including phenoxy) is 1. The normalized spacial score (nSPS) is 14.8. The summed E-state index contributed by atoms with van der Waals surface area (Å²) in [7, 11) is 0. The summed E-state index contributed by atoms with van der Waals surface area (Å²) in [4.78, 5) is 26.9. The first-order valence-electron chi connectivity index (χ1n) is 7.50. The van der Waals surface area contributed by atoms with Gasteiger partial charge in [0, 0.05) is 17.8 Å². The van der Waals surface area contributed by atoms with E-state index < -0.39 is 0 Å². The van der Waals surface area contributed by atoms with Crippen LogP contribution in [0.4, 0.5) is 5.69 Å². The Balaban J connectivity index is 1.59. The molecule has 2 heterocycles. The Morgan fingerprint density at radius 3 is 2.96 bits per heavy atom. The quantitative estimate of drug-likeness (QED) is 0.917. The number of carbonyl (C=O) groups is 2. The zero-order valence-corrected chi connectivity index (χ0v) is 13.6. The fourth-order valence-corrected chi connectivity index (χ4v) is 3.27. The number of thiophene rings is 1. The summed E-state index contributed by atoms with van der Waals surface area (Å²) in [6.45, 7) is 2.32. The number of benzene rings is 1. The number of carbonyl (C=O) groups excluding carboxylic acids is 2. The van der Waals surface area contributed by atoms with Crippen LogP contribution < -0.4 is 15.0 Å². The Hall–Kier alpha value is -2.34. The molecule has 1 unspecified atom stereocenters. The van der Waals surface area contributed by atoms with E-state index in [9.17, 15) is 9.59 Å². The minimum Gasteiger partial charge on any atom is -0.482 e. The van der Waals surface area contributed by atoms with Gasteiger partial charge in [-0.2, -0.15) is 0 Å². The van der Waals surface area contributed by atoms with Crippen molar-refractivity contribution in [3.8, 4) is 5.75 Å². The standard InChI is InChI=1S/C17H18N2O3S/c1-12(15-7-4-10-23-15)18-16(20)8-9-19-13-5-2-3-6-14(13)22-11-17(19)21/h2-7,10,12H,8-9,11H2,1H3,(H,18,20). The van der Waals surface area contributed by atoms with Gasteiger partial charge in [-0.15, -0.1) is 11.3 Å². The van der Waals surface area contributed by atoms with Gasteiger partial charge in [0.2, 0.25) is 5.91 Å². The third-order valence-corrected chi connectivity index (χ3v) is 4.77. The molecule has 0 saturated carbocycles. The highest BCUT2D eigenvalue weighted by Gasteiger charge is 2.25. The van der Waals surface area contributed by atoms with E-state index in [2.05, 4.69) is 5.32 Å². The highest BCUT2D eigenvalue weighted by atomic mass is 32.1. The number of hydrogen-bond donors (Lipinski definition) is 1. The van der Waals surface area contributed by atoms with Crippen LogP contribution in [-0.4, -0.2) is 25.0 Å². The second-order valence-corrected chi connectivity index (χ2v) is 6.34. The highest BCUT2D eigenvalue weighted by Crippen LogP contribution is 2.31. The summed E-state index contributed by atoms with van der Waals surface area (Å²) in [5.41, 5.74) is 0.725. The van der Waals surface area contributed by atoms with Crippen LogP contribution in [0.25, 0.3) is 0 Å². The van der Waals surface area contributed by atoms with Crippen molar-refractivity contribution in [2.75, 3.05) is 18.1 Å². The van der Waals surface area contributed by atoms with E-state index in [1.165, 1.54) is 0 Å². The molecule has 1 atom stereocenters. The molecule has 0 bridgehead atoms. The summed E-state index contributed by atoms with van der Waals surface area (Å²) in [5.74, 6) is 0.491. The van der Waals surface area contributed by atoms with Gasteiger partial charge in [-0.05, 0) is 30.5 Å². The lowest BCUT2D eigenvalue weighted by Gasteiger charge is -2.29. The Bertz CT molecular complexity index is 700. The summed E-state index contributed by atoms with van der Waals surface area (Å²) < 4.78 is 5.40. The SMILES string of the molecule is CC(NC(=O)CCN1C(=O)COc2ccccc21)c1cccs1. The lowest BCUT2D eigenvalue weighted by Crippen LogP contribution is -2.41. The Kier molecular flexibility index (Phi) is 4.62. The van der Waals surface area contributed by atoms with E-state index >= 15 is 0 Å². The summed E-state index contributed by atoms with van der Waals surface area (Å²) in [6.07, 6.45) is 0.260. The van der Waals surface area contributed by atoms with Crippen LogP contribution in [-0.2, 0) is 9.59 Å². The fourth-order valence-electron chi connectivity index (χ4n) is 2.53. The van der Waals surface area contributed by atoms with E-state index in [-0.39, 0.29) is 30.9 Å².